The fraction of sp³-hybridized carbons (Fsp3) is 0.700. The van der Waals surface area contributed by atoms with Gasteiger partial charge in [-0.3, -0.25) is 0 Å². The van der Waals surface area contributed by atoms with Gasteiger partial charge in [-0.15, -0.1) is 12.4 Å². The number of halogens is 1. The van der Waals surface area contributed by atoms with Gasteiger partial charge in [-0.25, -0.2) is 18.1 Å². The lowest BCUT2D eigenvalue weighted by molar-refractivity contribution is 0.428. The Labute approximate surface area is 114 Å². The summed E-state index contributed by atoms with van der Waals surface area (Å²) < 4.78 is 28.5. The summed E-state index contributed by atoms with van der Waals surface area (Å²) in [6.07, 6.45) is 3.40. The van der Waals surface area contributed by atoms with Crippen LogP contribution in [-0.4, -0.2) is 37.1 Å². The van der Waals surface area contributed by atoms with E-state index in [2.05, 4.69) is 15.0 Å². The number of hydrogen-bond donors (Lipinski definition) is 2. The van der Waals surface area contributed by atoms with Gasteiger partial charge >= 0.3 is 0 Å². The topological polar surface area (TPSA) is 76.0 Å². The Bertz CT molecular complexity index is 474. The van der Waals surface area contributed by atoms with E-state index < -0.39 is 10.0 Å². The molecule has 0 spiro atoms. The highest BCUT2D eigenvalue weighted by atomic mass is 35.5. The summed E-state index contributed by atoms with van der Waals surface area (Å²) in [4.78, 5) is 4.04. The highest BCUT2D eigenvalue weighted by Gasteiger charge is 2.23. The van der Waals surface area contributed by atoms with Gasteiger partial charge in [-0.2, -0.15) is 0 Å². The van der Waals surface area contributed by atoms with Crippen molar-refractivity contribution in [1.29, 1.82) is 0 Å². The summed E-state index contributed by atoms with van der Waals surface area (Å²) in [5, 5.41) is 3.27. The molecule has 1 atom stereocenters. The van der Waals surface area contributed by atoms with Crippen molar-refractivity contribution in [1.82, 2.24) is 19.6 Å². The highest BCUT2D eigenvalue weighted by molar-refractivity contribution is 7.89. The maximum atomic E-state index is 12.1. The minimum atomic E-state index is -3.48. The minimum Gasteiger partial charge on any atom is -0.337 e. The Morgan fingerprint density at radius 3 is 2.78 bits per heavy atom. The molecule has 2 rings (SSSR count). The van der Waals surface area contributed by atoms with E-state index in [1.165, 1.54) is 6.20 Å². The molecule has 0 saturated carbocycles. The van der Waals surface area contributed by atoms with E-state index in [-0.39, 0.29) is 23.5 Å². The molecule has 18 heavy (non-hydrogen) atoms. The second-order valence-electron chi connectivity index (χ2n) is 4.40. The number of nitrogens with one attached hydrogen (secondary N) is 2. The van der Waals surface area contributed by atoms with Crippen molar-refractivity contribution < 1.29 is 8.42 Å². The van der Waals surface area contributed by atoms with Crippen molar-refractivity contribution in [2.45, 2.75) is 30.8 Å². The summed E-state index contributed by atoms with van der Waals surface area (Å²) in [7, 11) is -1.70. The second kappa shape index (κ2) is 6.01. The fourth-order valence-electron chi connectivity index (χ4n) is 1.89. The number of sulfonamides is 1. The number of aryl methyl sites for hydroxylation is 2. The van der Waals surface area contributed by atoms with Crippen LogP contribution >= 0.6 is 12.4 Å². The molecule has 1 aromatic rings. The Morgan fingerprint density at radius 1 is 1.56 bits per heavy atom. The third-order valence-electron chi connectivity index (χ3n) is 2.98. The second-order valence-corrected chi connectivity index (χ2v) is 6.06. The molecule has 2 N–H and O–H groups in total. The van der Waals surface area contributed by atoms with Crippen LogP contribution in [0, 0.1) is 6.92 Å². The van der Waals surface area contributed by atoms with E-state index in [4.69, 9.17) is 0 Å². The first-order chi connectivity index (χ1) is 7.99. The Morgan fingerprint density at radius 2 is 2.28 bits per heavy atom. The standard InChI is InChI=1S/C10H18N4O2S.ClH/c1-8-12-10(7-14(8)2)17(15,16)13-9-4-3-5-11-6-9;/h7,9,11,13H,3-6H2,1-2H3;1H. The molecule has 0 radical (unpaired) electrons. The third-order valence-corrected chi connectivity index (χ3v) is 4.37. The zero-order valence-electron chi connectivity index (χ0n) is 10.5. The molecule has 0 amide bonds. The predicted molar refractivity (Wildman–Crippen MR) is 71.4 cm³/mol. The van der Waals surface area contributed by atoms with Crippen LogP contribution in [0.3, 0.4) is 0 Å². The van der Waals surface area contributed by atoms with Gasteiger partial charge in [0.2, 0.25) is 0 Å². The maximum Gasteiger partial charge on any atom is 0.259 e. The molecule has 1 aliphatic heterocycles. The molecule has 2 heterocycles. The number of rotatable bonds is 3. The molecule has 1 fully saturated rings. The van der Waals surface area contributed by atoms with Gasteiger partial charge < -0.3 is 9.88 Å². The lowest BCUT2D eigenvalue weighted by Crippen LogP contribution is -2.45. The van der Waals surface area contributed by atoms with Crippen molar-refractivity contribution in [2.24, 2.45) is 7.05 Å². The van der Waals surface area contributed by atoms with Gasteiger partial charge in [0.05, 0.1) is 0 Å². The summed E-state index contributed by atoms with van der Waals surface area (Å²) in [5.41, 5.74) is 0. The molecule has 1 saturated heterocycles. The van der Waals surface area contributed by atoms with Crippen molar-refractivity contribution in [3.05, 3.63) is 12.0 Å². The lowest BCUT2D eigenvalue weighted by Gasteiger charge is -2.23. The van der Waals surface area contributed by atoms with E-state index in [1.807, 2.05) is 0 Å². The van der Waals surface area contributed by atoms with E-state index in [9.17, 15) is 8.42 Å². The van der Waals surface area contributed by atoms with E-state index in [0.717, 1.165) is 19.4 Å². The quantitative estimate of drug-likeness (QED) is 0.834. The van der Waals surface area contributed by atoms with Crippen molar-refractivity contribution in [2.75, 3.05) is 13.1 Å². The smallest absolute Gasteiger partial charge is 0.259 e. The van der Waals surface area contributed by atoms with Gasteiger partial charge in [0, 0.05) is 25.8 Å². The molecular formula is C10H19ClN4O2S. The Balaban J connectivity index is 0.00000162. The summed E-state index contributed by atoms with van der Waals surface area (Å²) >= 11 is 0. The largest absolute Gasteiger partial charge is 0.337 e. The first-order valence-corrected chi connectivity index (χ1v) is 7.20. The van der Waals surface area contributed by atoms with Gasteiger partial charge in [0.1, 0.15) is 5.82 Å². The normalized spacial score (nSPS) is 20.4. The molecule has 0 aliphatic carbocycles. The molecule has 1 unspecified atom stereocenters. The molecule has 1 aromatic heterocycles. The fourth-order valence-corrected chi connectivity index (χ4v) is 3.20. The van der Waals surface area contributed by atoms with Gasteiger partial charge in [-0.05, 0) is 26.3 Å². The molecule has 1 aliphatic rings. The average molecular weight is 295 g/mol. The Hall–Kier alpha value is -0.630. The third kappa shape index (κ3) is 3.44. The molecule has 0 bridgehead atoms. The number of nitrogens with zero attached hydrogens (tertiary/aromatic N) is 2. The Kier molecular flexibility index (Phi) is 5.15. The number of hydrogen-bond acceptors (Lipinski definition) is 4. The maximum absolute atomic E-state index is 12.1. The zero-order valence-corrected chi connectivity index (χ0v) is 12.1. The summed E-state index contributed by atoms with van der Waals surface area (Å²) in [6, 6.07) is -0.0314. The number of aromatic nitrogens is 2. The number of imidazole rings is 1. The van der Waals surface area contributed by atoms with Gasteiger partial charge in [0.25, 0.3) is 10.0 Å². The lowest BCUT2D eigenvalue weighted by atomic mass is 10.1. The van der Waals surface area contributed by atoms with E-state index >= 15 is 0 Å². The first-order valence-electron chi connectivity index (χ1n) is 5.72. The van der Waals surface area contributed by atoms with Crippen LogP contribution in [0.1, 0.15) is 18.7 Å². The van der Waals surface area contributed by atoms with Crippen LogP contribution in [0.2, 0.25) is 0 Å². The molecule has 104 valence electrons. The van der Waals surface area contributed by atoms with Crippen LogP contribution in [0.25, 0.3) is 0 Å². The highest BCUT2D eigenvalue weighted by Crippen LogP contribution is 2.10. The van der Waals surface area contributed by atoms with Crippen LogP contribution < -0.4 is 10.0 Å². The van der Waals surface area contributed by atoms with Crippen molar-refractivity contribution in [3.8, 4) is 0 Å². The van der Waals surface area contributed by atoms with E-state index in [0.29, 0.717) is 12.4 Å². The van der Waals surface area contributed by atoms with Crippen LogP contribution in [0.4, 0.5) is 0 Å². The molecule has 8 heteroatoms. The minimum absolute atomic E-state index is 0. The summed E-state index contributed by atoms with van der Waals surface area (Å²) in [5.74, 6) is 0.687. The van der Waals surface area contributed by atoms with E-state index in [1.54, 1.807) is 18.5 Å². The SMILES string of the molecule is Cc1nc(S(=O)(=O)NC2CCCNC2)cn1C.Cl. The van der Waals surface area contributed by atoms with Gasteiger partial charge in [0.15, 0.2) is 5.03 Å². The van der Waals surface area contributed by atoms with Crippen LogP contribution in [0.15, 0.2) is 11.2 Å². The summed E-state index contributed by atoms with van der Waals surface area (Å²) in [6.45, 7) is 3.42. The molecule has 6 nitrogen and oxygen atoms in total. The monoisotopic (exact) mass is 294 g/mol. The predicted octanol–water partition coefficient (Wildman–Crippen LogP) is 0.181. The number of piperidine rings is 1. The molecular weight excluding hydrogens is 276 g/mol. The molecule has 0 aromatic carbocycles. The average Bonchev–Trinajstić information content (AvgIpc) is 2.61. The van der Waals surface area contributed by atoms with Crippen molar-refractivity contribution in [3.63, 3.8) is 0 Å². The van der Waals surface area contributed by atoms with Crippen LogP contribution in [-0.2, 0) is 17.1 Å². The first kappa shape index (κ1) is 15.4. The van der Waals surface area contributed by atoms with Crippen molar-refractivity contribution >= 4 is 22.4 Å². The zero-order chi connectivity index (χ0) is 12.5. The van der Waals surface area contributed by atoms with Crippen LogP contribution in [0.5, 0.6) is 0 Å². The van der Waals surface area contributed by atoms with Gasteiger partial charge in [-0.1, -0.05) is 0 Å².